The molecule has 92 valence electrons. The van der Waals surface area contributed by atoms with Crippen LogP contribution in [-0.4, -0.2) is 36.1 Å². The first-order valence-electron chi connectivity index (χ1n) is 7.33. The van der Waals surface area contributed by atoms with Crippen LogP contribution in [0.25, 0.3) is 0 Å². The van der Waals surface area contributed by atoms with Crippen molar-refractivity contribution < 1.29 is 0 Å². The van der Waals surface area contributed by atoms with Crippen molar-refractivity contribution in [3.8, 4) is 0 Å². The maximum atomic E-state index is 3.89. The Morgan fingerprint density at radius 2 is 1.81 bits per heavy atom. The van der Waals surface area contributed by atoms with Gasteiger partial charge in [-0.15, -0.1) is 0 Å². The van der Waals surface area contributed by atoms with E-state index in [0.717, 1.165) is 24.0 Å². The van der Waals surface area contributed by atoms with Crippen LogP contribution in [-0.2, 0) is 0 Å². The zero-order valence-electron chi connectivity index (χ0n) is 10.6. The van der Waals surface area contributed by atoms with Crippen molar-refractivity contribution in [3.05, 3.63) is 0 Å². The van der Waals surface area contributed by atoms with Crippen molar-refractivity contribution in [2.75, 3.05) is 13.1 Å². The first kappa shape index (κ1) is 11.0. The molecule has 0 aromatic heterocycles. The first-order valence-corrected chi connectivity index (χ1v) is 7.33. The monoisotopic (exact) mass is 222 g/mol. The van der Waals surface area contributed by atoms with Crippen molar-refractivity contribution in [3.63, 3.8) is 0 Å². The fourth-order valence-electron chi connectivity index (χ4n) is 3.66. The van der Waals surface area contributed by atoms with E-state index in [1.807, 2.05) is 0 Å². The van der Waals surface area contributed by atoms with Gasteiger partial charge in [-0.25, -0.2) is 0 Å². The van der Waals surface area contributed by atoms with Crippen LogP contribution in [0, 0.1) is 5.92 Å². The molecule has 1 heterocycles. The van der Waals surface area contributed by atoms with E-state index in [9.17, 15) is 0 Å². The van der Waals surface area contributed by atoms with E-state index in [-0.39, 0.29) is 0 Å². The minimum Gasteiger partial charge on any atom is -0.310 e. The van der Waals surface area contributed by atoms with Crippen molar-refractivity contribution in [2.24, 2.45) is 5.92 Å². The van der Waals surface area contributed by atoms with Crippen molar-refractivity contribution in [2.45, 2.75) is 70.0 Å². The lowest BCUT2D eigenvalue weighted by Crippen LogP contribution is -2.42. The van der Waals surface area contributed by atoms with Gasteiger partial charge in [-0.2, -0.15) is 0 Å². The smallest absolute Gasteiger partial charge is 0.0209 e. The largest absolute Gasteiger partial charge is 0.310 e. The summed E-state index contributed by atoms with van der Waals surface area (Å²) in [6, 6.07) is 2.51. The average Bonchev–Trinajstić information content (AvgIpc) is 2.82. The summed E-state index contributed by atoms with van der Waals surface area (Å²) < 4.78 is 0. The summed E-state index contributed by atoms with van der Waals surface area (Å²) in [5.41, 5.74) is 0. The molecule has 3 fully saturated rings. The fourth-order valence-corrected chi connectivity index (χ4v) is 3.66. The zero-order chi connectivity index (χ0) is 11.0. The van der Waals surface area contributed by atoms with Crippen molar-refractivity contribution in [1.82, 2.24) is 10.2 Å². The molecule has 1 unspecified atom stereocenters. The maximum absolute atomic E-state index is 3.89. The van der Waals surface area contributed by atoms with E-state index in [0.29, 0.717) is 0 Å². The van der Waals surface area contributed by atoms with Crippen LogP contribution in [0.2, 0.25) is 0 Å². The molecule has 2 saturated carbocycles. The van der Waals surface area contributed by atoms with Gasteiger partial charge in [-0.3, -0.25) is 4.90 Å². The highest BCUT2D eigenvalue weighted by molar-refractivity contribution is 4.93. The van der Waals surface area contributed by atoms with Crippen LogP contribution in [0.3, 0.4) is 0 Å². The third-order valence-corrected chi connectivity index (χ3v) is 4.89. The molecule has 0 spiro atoms. The molecule has 0 amide bonds. The minimum absolute atomic E-state index is 0.756. The second-order valence-electron chi connectivity index (χ2n) is 6.21. The molecule has 2 aliphatic carbocycles. The van der Waals surface area contributed by atoms with Gasteiger partial charge in [0.15, 0.2) is 0 Å². The van der Waals surface area contributed by atoms with Crippen LogP contribution < -0.4 is 5.32 Å². The number of nitrogens with one attached hydrogen (secondary N) is 1. The van der Waals surface area contributed by atoms with Crippen LogP contribution in [0.1, 0.15) is 51.9 Å². The highest BCUT2D eigenvalue weighted by Crippen LogP contribution is 2.31. The topological polar surface area (TPSA) is 15.3 Å². The molecule has 0 radical (unpaired) electrons. The second kappa shape index (κ2) is 4.66. The van der Waals surface area contributed by atoms with Gasteiger partial charge in [0.05, 0.1) is 0 Å². The number of hydrogen-bond donors (Lipinski definition) is 1. The maximum Gasteiger partial charge on any atom is 0.0209 e. The lowest BCUT2D eigenvalue weighted by atomic mass is 9.99. The van der Waals surface area contributed by atoms with Gasteiger partial charge in [0.25, 0.3) is 0 Å². The fraction of sp³-hybridized carbons (Fsp3) is 1.00. The zero-order valence-corrected chi connectivity index (χ0v) is 10.6. The summed E-state index contributed by atoms with van der Waals surface area (Å²) in [5, 5.41) is 3.89. The predicted molar refractivity (Wildman–Crippen MR) is 67.6 cm³/mol. The van der Waals surface area contributed by atoms with Crippen molar-refractivity contribution in [1.29, 1.82) is 0 Å². The molecule has 2 heteroatoms. The lowest BCUT2D eigenvalue weighted by molar-refractivity contribution is 0.298. The Morgan fingerprint density at radius 1 is 1.06 bits per heavy atom. The minimum atomic E-state index is 0.756. The van der Waals surface area contributed by atoms with E-state index in [1.54, 1.807) is 0 Å². The summed E-state index contributed by atoms with van der Waals surface area (Å²) in [6.07, 6.45) is 10.2. The standard InChI is InChI=1S/C14H26N2/c1-11(12-4-2-3-5-12)15-13-8-9-16(10-13)14-6-7-14/h11-15H,2-10H2,1H3/t11-,13?/m1/s1. The van der Waals surface area contributed by atoms with Gasteiger partial charge in [-0.05, 0) is 44.9 Å². The molecule has 1 saturated heterocycles. The molecule has 2 nitrogen and oxygen atoms in total. The first-order chi connectivity index (χ1) is 7.83. The number of nitrogens with zero attached hydrogens (tertiary/aromatic N) is 1. The Labute approximate surface area is 99.8 Å². The molecule has 2 atom stereocenters. The second-order valence-corrected chi connectivity index (χ2v) is 6.21. The Kier molecular flexibility index (Phi) is 3.21. The highest BCUT2D eigenvalue weighted by atomic mass is 15.2. The third-order valence-electron chi connectivity index (χ3n) is 4.89. The predicted octanol–water partition coefficient (Wildman–Crippen LogP) is 2.39. The van der Waals surface area contributed by atoms with Crippen LogP contribution in [0.15, 0.2) is 0 Å². The molecule has 1 aliphatic heterocycles. The Balaban J connectivity index is 1.44. The van der Waals surface area contributed by atoms with E-state index in [1.165, 1.54) is 58.0 Å². The average molecular weight is 222 g/mol. The van der Waals surface area contributed by atoms with Crippen LogP contribution >= 0.6 is 0 Å². The van der Waals surface area contributed by atoms with E-state index in [2.05, 4.69) is 17.1 Å². The molecular weight excluding hydrogens is 196 g/mol. The Morgan fingerprint density at radius 3 is 2.50 bits per heavy atom. The lowest BCUT2D eigenvalue weighted by Gasteiger charge is -2.25. The number of hydrogen-bond acceptors (Lipinski definition) is 2. The normalized spacial score (nSPS) is 34.7. The van der Waals surface area contributed by atoms with Gasteiger partial charge in [0, 0.05) is 31.2 Å². The number of likely N-dealkylation sites (tertiary alicyclic amines) is 1. The summed E-state index contributed by atoms with van der Waals surface area (Å²) in [7, 11) is 0. The third kappa shape index (κ3) is 2.43. The van der Waals surface area contributed by atoms with E-state index in [4.69, 9.17) is 0 Å². The van der Waals surface area contributed by atoms with Gasteiger partial charge in [0.1, 0.15) is 0 Å². The molecule has 3 rings (SSSR count). The van der Waals surface area contributed by atoms with Gasteiger partial charge < -0.3 is 5.32 Å². The molecule has 0 aromatic carbocycles. The molecule has 0 aromatic rings. The van der Waals surface area contributed by atoms with E-state index < -0.39 is 0 Å². The van der Waals surface area contributed by atoms with Gasteiger partial charge in [-0.1, -0.05) is 12.8 Å². The molecule has 0 bridgehead atoms. The number of rotatable bonds is 4. The SMILES string of the molecule is C[C@@H](NC1CCN(C2CC2)C1)C1CCCC1. The Bertz CT molecular complexity index is 231. The van der Waals surface area contributed by atoms with Crippen LogP contribution in [0.5, 0.6) is 0 Å². The quantitative estimate of drug-likeness (QED) is 0.786. The van der Waals surface area contributed by atoms with Gasteiger partial charge in [0.2, 0.25) is 0 Å². The summed E-state index contributed by atoms with van der Waals surface area (Å²) >= 11 is 0. The molecule has 3 aliphatic rings. The highest BCUT2D eigenvalue weighted by Gasteiger charge is 2.35. The summed E-state index contributed by atoms with van der Waals surface area (Å²) in [4.78, 5) is 2.71. The molecule has 16 heavy (non-hydrogen) atoms. The summed E-state index contributed by atoms with van der Waals surface area (Å²) in [6.45, 7) is 5.08. The van der Waals surface area contributed by atoms with Gasteiger partial charge >= 0.3 is 0 Å². The molecular formula is C14H26N2. The summed E-state index contributed by atoms with van der Waals surface area (Å²) in [5.74, 6) is 0.968. The van der Waals surface area contributed by atoms with Crippen molar-refractivity contribution >= 4 is 0 Å². The Hall–Kier alpha value is -0.0800. The van der Waals surface area contributed by atoms with E-state index >= 15 is 0 Å². The molecule has 1 N–H and O–H groups in total. The van der Waals surface area contributed by atoms with Crippen LogP contribution in [0.4, 0.5) is 0 Å².